The first-order valence-corrected chi connectivity index (χ1v) is 3.11. The number of nitrogens with zero attached hydrogens (tertiary/aromatic N) is 1. The van der Waals surface area contributed by atoms with Crippen LogP contribution >= 0.6 is 0 Å². The predicted octanol–water partition coefficient (Wildman–Crippen LogP) is 0.787. The SMILES string of the molecule is CCC1=NCNC1C. The molecule has 46 valence electrons. The van der Waals surface area contributed by atoms with E-state index in [0.717, 1.165) is 13.1 Å². The molecule has 0 bridgehead atoms. The van der Waals surface area contributed by atoms with Crippen LogP contribution in [0.4, 0.5) is 0 Å². The lowest BCUT2D eigenvalue weighted by atomic mass is 10.2. The second-order valence-corrected chi connectivity index (χ2v) is 2.09. The van der Waals surface area contributed by atoms with Gasteiger partial charge in [-0.25, -0.2) is 0 Å². The largest absolute Gasteiger partial charge is 0.290 e. The summed E-state index contributed by atoms with van der Waals surface area (Å²) in [7, 11) is 0. The number of hydrogen-bond donors (Lipinski definition) is 1. The minimum Gasteiger partial charge on any atom is -0.290 e. The molecule has 0 saturated heterocycles. The summed E-state index contributed by atoms with van der Waals surface area (Å²) in [6.07, 6.45) is 1.09. The number of nitrogens with one attached hydrogen (secondary N) is 1. The highest BCUT2D eigenvalue weighted by molar-refractivity contribution is 5.90. The minimum atomic E-state index is 0.528. The van der Waals surface area contributed by atoms with Crippen molar-refractivity contribution in [3.63, 3.8) is 0 Å². The maximum absolute atomic E-state index is 4.24. The van der Waals surface area contributed by atoms with Crippen LogP contribution in [0, 0.1) is 0 Å². The number of aliphatic imine (C=N–C) groups is 1. The molecule has 0 spiro atoms. The fourth-order valence-electron chi connectivity index (χ4n) is 0.957. The molecule has 1 atom stereocenters. The van der Waals surface area contributed by atoms with Gasteiger partial charge >= 0.3 is 0 Å². The van der Waals surface area contributed by atoms with E-state index < -0.39 is 0 Å². The van der Waals surface area contributed by atoms with E-state index >= 15 is 0 Å². The molecule has 0 aromatic rings. The molecule has 0 aromatic carbocycles. The summed E-state index contributed by atoms with van der Waals surface area (Å²) in [5.41, 5.74) is 1.31. The lowest BCUT2D eigenvalue weighted by molar-refractivity contribution is 0.722. The summed E-state index contributed by atoms with van der Waals surface area (Å²) < 4.78 is 0. The standard InChI is InChI=1S/C6H12N2/c1-3-6-5(2)7-4-8-6/h5,7H,3-4H2,1-2H3. The Balaban J connectivity index is 2.49. The molecular formula is C6H12N2. The fraction of sp³-hybridized carbons (Fsp3) is 0.833. The molecule has 0 fully saturated rings. The first-order chi connectivity index (χ1) is 3.84. The molecule has 1 unspecified atom stereocenters. The van der Waals surface area contributed by atoms with Crippen LogP contribution in [0.5, 0.6) is 0 Å². The Morgan fingerprint density at radius 3 is 2.88 bits per heavy atom. The highest BCUT2D eigenvalue weighted by Crippen LogP contribution is 1.98. The normalized spacial score (nSPS) is 28.2. The van der Waals surface area contributed by atoms with E-state index in [2.05, 4.69) is 24.2 Å². The highest BCUT2D eigenvalue weighted by Gasteiger charge is 2.11. The predicted molar refractivity (Wildman–Crippen MR) is 35.2 cm³/mol. The van der Waals surface area contributed by atoms with E-state index in [1.54, 1.807) is 0 Å². The van der Waals surface area contributed by atoms with Crippen molar-refractivity contribution in [2.75, 3.05) is 6.67 Å². The number of hydrogen-bond acceptors (Lipinski definition) is 2. The summed E-state index contributed by atoms with van der Waals surface area (Å²) in [6, 6.07) is 0.528. The third-order valence-electron chi connectivity index (χ3n) is 1.54. The maximum Gasteiger partial charge on any atom is 0.0889 e. The summed E-state index contributed by atoms with van der Waals surface area (Å²) in [4.78, 5) is 4.24. The van der Waals surface area contributed by atoms with Crippen LogP contribution < -0.4 is 5.32 Å². The zero-order valence-electron chi connectivity index (χ0n) is 5.44. The first kappa shape index (κ1) is 5.76. The molecular weight excluding hydrogens is 100 g/mol. The fourth-order valence-corrected chi connectivity index (χ4v) is 0.957. The van der Waals surface area contributed by atoms with Gasteiger partial charge in [0, 0.05) is 11.8 Å². The molecule has 8 heavy (non-hydrogen) atoms. The average molecular weight is 112 g/mol. The first-order valence-electron chi connectivity index (χ1n) is 3.11. The van der Waals surface area contributed by atoms with Gasteiger partial charge in [0.15, 0.2) is 0 Å². The molecule has 0 amide bonds. The average Bonchev–Trinajstić information content (AvgIpc) is 2.14. The Morgan fingerprint density at radius 2 is 2.62 bits per heavy atom. The van der Waals surface area contributed by atoms with E-state index in [9.17, 15) is 0 Å². The van der Waals surface area contributed by atoms with Crippen LogP contribution in [0.25, 0.3) is 0 Å². The van der Waals surface area contributed by atoms with Crippen molar-refractivity contribution >= 4 is 5.71 Å². The summed E-state index contributed by atoms with van der Waals surface area (Å²) >= 11 is 0. The van der Waals surface area contributed by atoms with Gasteiger partial charge in [-0.15, -0.1) is 0 Å². The van der Waals surface area contributed by atoms with Gasteiger partial charge in [-0.3, -0.25) is 10.3 Å². The van der Waals surface area contributed by atoms with Gasteiger partial charge in [0.25, 0.3) is 0 Å². The van der Waals surface area contributed by atoms with E-state index in [1.165, 1.54) is 5.71 Å². The zero-order valence-corrected chi connectivity index (χ0v) is 5.44. The summed E-state index contributed by atoms with van der Waals surface area (Å²) in [6.45, 7) is 5.11. The Morgan fingerprint density at radius 1 is 1.88 bits per heavy atom. The maximum atomic E-state index is 4.24. The summed E-state index contributed by atoms with van der Waals surface area (Å²) in [5.74, 6) is 0. The van der Waals surface area contributed by atoms with Gasteiger partial charge in [0.05, 0.1) is 6.67 Å². The molecule has 0 saturated carbocycles. The van der Waals surface area contributed by atoms with Crippen molar-refractivity contribution in [1.29, 1.82) is 0 Å². The van der Waals surface area contributed by atoms with Gasteiger partial charge < -0.3 is 0 Å². The van der Waals surface area contributed by atoms with Crippen molar-refractivity contribution in [2.24, 2.45) is 4.99 Å². The lowest BCUT2D eigenvalue weighted by Gasteiger charge is -2.01. The van der Waals surface area contributed by atoms with Gasteiger partial charge in [-0.1, -0.05) is 6.92 Å². The quantitative estimate of drug-likeness (QED) is 0.532. The van der Waals surface area contributed by atoms with Gasteiger partial charge in [-0.2, -0.15) is 0 Å². The monoisotopic (exact) mass is 112 g/mol. The Kier molecular flexibility index (Phi) is 1.63. The molecule has 2 heteroatoms. The van der Waals surface area contributed by atoms with Crippen LogP contribution in [-0.2, 0) is 0 Å². The molecule has 1 N–H and O–H groups in total. The zero-order chi connectivity index (χ0) is 5.98. The second kappa shape index (κ2) is 2.27. The van der Waals surface area contributed by atoms with Crippen molar-refractivity contribution in [2.45, 2.75) is 26.3 Å². The van der Waals surface area contributed by atoms with Gasteiger partial charge in [0.2, 0.25) is 0 Å². The minimum absolute atomic E-state index is 0.528. The van der Waals surface area contributed by atoms with Crippen molar-refractivity contribution in [3.8, 4) is 0 Å². The van der Waals surface area contributed by atoms with Crippen LogP contribution in [0.1, 0.15) is 20.3 Å². The van der Waals surface area contributed by atoms with Crippen LogP contribution in [0.3, 0.4) is 0 Å². The molecule has 1 heterocycles. The molecule has 0 radical (unpaired) electrons. The Hall–Kier alpha value is -0.370. The van der Waals surface area contributed by atoms with Crippen LogP contribution in [0.2, 0.25) is 0 Å². The van der Waals surface area contributed by atoms with Gasteiger partial charge in [0.1, 0.15) is 0 Å². The highest BCUT2D eigenvalue weighted by atomic mass is 15.1. The lowest BCUT2D eigenvalue weighted by Crippen LogP contribution is -2.25. The topological polar surface area (TPSA) is 24.4 Å². The molecule has 2 nitrogen and oxygen atoms in total. The van der Waals surface area contributed by atoms with Crippen molar-refractivity contribution in [1.82, 2.24) is 5.32 Å². The van der Waals surface area contributed by atoms with E-state index in [0.29, 0.717) is 6.04 Å². The molecule has 0 aliphatic carbocycles. The van der Waals surface area contributed by atoms with Crippen molar-refractivity contribution in [3.05, 3.63) is 0 Å². The second-order valence-electron chi connectivity index (χ2n) is 2.09. The summed E-state index contributed by atoms with van der Waals surface area (Å²) in [5, 5.41) is 3.22. The Labute approximate surface area is 50.0 Å². The molecule has 0 aromatic heterocycles. The van der Waals surface area contributed by atoms with E-state index in [4.69, 9.17) is 0 Å². The van der Waals surface area contributed by atoms with Gasteiger partial charge in [-0.05, 0) is 13.3 Å². The third-order valence-corrected chi connectivity index (χ3v) is 1.54. The molecule has 1 rings (SSSR count). The van der Waals surface area contributed by atoms with Crippen LogP contribution in [0.15, 0.2) is 4.99 Å². The van der Waals surface area contributed by atoms with E-state index in [1.807, 2.05) is 0 Å². The number of rotatable bonds is 1. The Bertz CT molecular complexity index is 107. The van der Waals surface area contributed by atoms with Crippen molar-refractivity contribution < 1.29 is 0 Å². The smallest absolute Gasteiger partial charge is 0.0889 e. The van der Waals surface area contributed by atoms with Crippen LogP contribution in [-0.4, -0.2) is 18.4 Å². The molecule has 1 aliphatic heterocycles. The molecule has 1 aliphatic rings. The van der Waals surface area contributed by atoms with E-state index in [-0.39, 0.29) is 0 Å². The third kappa shape index (κ3) is 0.892.